The predicted molar refractivity (Wildman–Crippen MR) is 135 cm³/mol. The molecule has 0 aromatic carbocycles. The molecule has 3 nitrogen and oxygen atoms in total. The van der Waals surface area contributed by atoms with E-state index in [1.165, 1.54) is 77.0 Å². The molecule has 0 amide bonds. The first kappa shape index (κ1) is 29.7. The minimum atomic E-state index is -2.56. The van der Waals surface area contributed by atoms with Crippen molar-refractivity contribution in [3.63, 3.8) is 0 Å². The number of rotatable bonds is 22. The topological polar surface area (TPSA) is 49.7 Å². The first-order chi connectivity index (χ1) is 14.0. The van der Waals surface area contributed by atoms with Crippen LogP contribution in [-0.4, -0.2) is 34.4 Å². The van der Waals surface area contributed by atoms with E-state index < -0.39 is 15.4 Å². The fourth-order valence-corrected chi connectivity index (χ4v) is 13.3. The molecule has 0 aliphatic carbocycles. The summed E-state index contributed by atoms with van der Waals surface area (Å²) in [5, 5.41) is 0. The Labute approximate surface area is 184 Å². The molecule has 0 aromatic heterocycles. The third-order valence-corrected chi connectivity index (χ3v) is 14.8. The van der Waals surface area contributed by atoms with Crippen molar-refractivity contribution in [2.24, 2.45) is 0 Å². The molecular formula is C24H54O3P2. The molecule has 0 aliphatic rings. The van der Waals surface area contributed by atoms with E-state index in [0.29, 0.717) is 0 Å². The van der Waals surface area contributed by atoms with E-state index in [1.54, 1.807) is 0 Å². The fraction of sp³-hybridized carbons (Fsp3) is 1.00. The first-order valence-electron chi connectivity index (χ1n) is 12.9. The van der Waals surface area contributed by atoms with E-state index in [2.05, 4.69) is 27.7 Å². The Morgan fingerprint density at radius 3 is 1.14 bits per heavy atom. The van der Waals surface area contributed by atoms with Crippen LogP contribution in [-0.2, 0) is 4.31 Å². The van der Waals surface area contributed by atoms with E-state index in [0.717, 1.165) is 50.3 Å². The van der Waals surface area contributed by atoms with E-state index in [-0.39, 0.29) is 0 Å². The van der Waals surface area contributed by atoms with E-state index >= 15 is 0 Å². The molecule has 5 heteroatoms. The zero-order valence-corrected chi connectivity index (χ0v) is 22.1. The van der Waals surface area contributed by atoms with Crippen molar-refractivity contribution in [1.29, 1.82) is 0 Å². The summed E-state index contributed by atoms with van der Waals surface area (Å²) in [4.78, 5) is 20.1. The normalized spacial score (nSPS) is 13.7. The van der Waals surface area contributed by atoms with Gasteiger partial charge in [-0.2, -0.15) is 0 Å². The molecule has 0 aromatic rings. The number of hydrogen-bond donors (Lipinski definition) is 2. The Morgan fingerprint density at radius 1 is 0.483 bits per heavy atom. The Hall–Kier alpha value is 0.740. The maximum atomic E-state index is 10.0. The van der Waals surface area contributed by atoms with Crippen LogP contribution in [0.15, 0.2) is 0 Å². The predicted octanol–water partition coefficient (Wildman–Crippen LogP) is 9.00. The zero-order chi connectivity index (χ0) is 21.9. The molecule has 0 saturated heterocycles. The molecule has 2 N–H and O–H groups in total. The molecule has 0 spiro atoms. The van der Waals surface area contributed by atoms with E-state index in [9.17, 15) is 9.79 Å². The molecule has 0 rings (SSSR count). The number of hydrogen-bond acceptors (Lipinski definition) is 3. The van der Waals surface area contributed by atoms with Crippen LogP contribution in [0.5, 0.6) is 0 Å². The van der Waals surface area contributed by atoms with Crippen molar-refractivity contribution >= 4 is 15.4 Å². The summed E-state index contributed by atoms with van der Waals surface area (Å²) >= 11 is 0. The summed E-state index contributed by atoms with van der Waals surface area (Å²) in [6.07, 6.45) is 24.6. The zero-order valence-electron chi connectivity index (χ0n) is 20.3. The van der Waals surface area contributed by atoms with Gasteiger partial charge in [-0.3, -0.25) is 0 Å². The molecule has 178 valence electrons. The van der Waals surface area contributed by atoms with Gasteiger partial charge in [0.05, 0.1) is 0 Å². The van der Waals surface area contributed by atoms with Crippen LogP contribution in [0, 0.1) is 0 Å². The standard InChI is InChI=1S/C24H54O3P2/c1-5-9-13-15-17-19-23-29(21-11-7-3,22-12-8-4,27-28(25)26)24-20-18-16-14-10-6-2/h25-26H,5-24H2,1-4H3. The van der Waals surface area contributed by atoms with Gasteiger partial charge in [-0.1, -0.05) is 0 Å². The summed E-state index contributed by atoms with van der Waals surface area (Å²) in [5.74, 6) is 0. The molecule has 0 bridgehead atoms. The molecule has 0 fully saturated rings. The van der Waals surface area contributed by atoms with Gasteiger partial charge in [0.1, 0.15) is 0 Å². The quantitative estimate of drug-likeness (QED) is 0.127. The van der Waals surface area contributed by atoms with Gasteiger partial charge in [-0.15, -0.1) is 0 Å². The van der Waals surface area contributed by atoms with Crippen molar-refractivity contribution in [3.8, 4) is 0 Å². The van der Waals surface area contributed by atoms with Crippen LogP contribution in [0.3, 0.4) is 0 Å². The van der Waals surface area contributed by atoms with E-state index in [1.807, 2.05) is 0 Å². The molecule has 0 unspecified atom stereocenters. The van der Waals surface area contributed by atoms with Crippen LogP contribution >= 0.6 is 15.4 Å². The van der Waals surface area contributed by atoms with Gasteiger partial charge in [0.2, 0.25) is 0 Å². The Balaban J connectivity index is 5.24. The summed E-state index contributed by atoms with van der Waals surface area (Å²) in [7, 11) is -2.27. The maximum absolute atomic E-state index is 10.0. The van der Waals surface area contributed by atoms with Crippen LogP contribution in [0.2, 0.25) is 0 Å². The molecule has 0 heterocycles. The van der Waals surface area contributed by atoms with Gasteiger partial charge < -0.3 is 0 Å². The monoisotopic (exact) mass is 452 g/mol. The average molecular weight is 453 g/mol. The molecule has 0 atom stereocenters. The minimum absolute atomic E-state index is 1.10. The second-order valence-corrected chi connectivity index (χ2v) is 16.0. The van der Waals surface area contributed by atoms with Crippen LogP contribution in [0.25, 0.3) is 0 Å². The molecule has 0 saturated carbocycles. The summed E-state index contributed by atoms with van der Waals surface area (Å²) < 4.78 is 6.39. The van der Waals surface area contributed by atoms with Gasteiger partial charge in [0, 0.05) is 0 Å². The van der Waals surface area contributed by atoms with Crippen molar-refractivity contribution < 1.29 is 14.1 Å². The van der Waals surface area contributed by atoms with Gasteiger partial charge >= 0.3 is 185 Å². The van der Waals surface area contributed by atoms with Crippen molar-refractivity contribution in [1.82, 2.24) is 0 Å². The SMILES string of the molecule is CCCCCCCCP(CCCC)(CCCC)(CCCCCCCC)OP(O)O. The Bertz CT molecular complexity index is 336. The van der Waals surface area contributed by atoms with Crippen molar-refractivity contribution in [3.05, 3.63) is 0 Å². The molecule has 29 heavy (non-hydrogen) atoms. The molecule has 0 radical (unpaired) electrons. The summed E-state index contributed by atoms with van der Waals surface area (Å²) in [6, 6.07) is 0. The van der Waals surface area contributed by atoms with Crippen LogP contribution in [0.1, 0.15) is 130 Å². The molecular weight excluding hydrogens is 398 g/mol. The van der Waals surface area contributed by atoms with Crippen LogP contribution in [0.4, 0.5) is 0 Å². The van der Waals surface area contributed by atoms with Gasteiger partial charge in [-0.25, -0.2) is 0 Å². The second-order valence-electron chi connectivity index (χ2n) is 9.33. The molecule has 0 aliphatic heterocycles. The van der Waals surface area contributed by atoms with Gasteiger partial charge in [0.15, 0.2) is 0 Å². The van der Waals surface area contributed by atoms with Gasteiger partial charge in [-0.05, 0) is 0 Å². The first-order valence-corrected chi connectivity index (χ1v) is 16.9. The fourth-order valence-electron chi connectivity index (χ4n) is 4.74. The summed E-state index contributed by atoms with van der Waals surface area (Å²) in [5.41, 5.74) is 0. The third kappa shape index (κ3) is 13.7. The second kappa shape index (κ2) is 18.3. The third-order valence-electron chi connectivity index (χ3n) is 6.61. The van der Waals surface area contributed by atoms with Crippen molar-refractivity contribution in [2.45, 2.75) is 130 Å². The van der Waals surface area contributed by atoms with E-state index in [4.69, 9.17) is 4.31 Å². The van der Waals surface area contributed by atoms with Crippen LogP contribution < -0.4 is 0 Å². The summed E-state index contributed by atoms with van der Waals surface area (Å²) in [6.45, 7) is 6.48. The average Bonchev–Trinajstić information content (AvgIpc) is 2.70. The Morgan fingerprint density at radius 2 is 0.793 bits per heavy atom. The number of unbranched alkanes of at least 4 members (excludes halogenated alkanes) is 12. The van der Waals surface area contributed by atoms with Gasteiger partial charge in [0.25, 0.3) is 0 Å². The van der Waals surface area contributed by atoms with Crippen molar-refractivity contribution in [2.75, 3.05) is 24.6 Å². The Kier molecular flexibility index (Phi) is 18.8.